The zero-order chi connectivity index (χ0) is 24.1. The smallest absolute Gasteiger partial charge is 0.267 e. The van der Waals surface area contributed by atoms with Gasteiger partial charge in [-0.25, -0.2) is 4.98 Å². The molecule has 1 aliphatic rings. The molecule has 1 N–H and O–H groups in total. The van der Waals surface area contributed by atoms with E-state index in [1.807, 2.05) is 25.1 Å². The fraction of sp³-hybridized carbons (Fsp3) is 0.360. The number of fused-ring (bicyclic) bond motifs is 1. The number of aryl methyl sites for hydroxylation is 1. The fourth-order valence-corrected chi connectivity index (χ4v) is 5.15. The highest BCUT2D eigenvalue weighted by molar-refractivity contribution is 8.26. The van der Waals surface area contributed by atoms with Crippen molar-refractivity contribution in [2.45, 2.75) is 52.5 Å². The van der Waals surface area contributed by atoms with Crippen LogP contribution >= 0.6 is 24.0 Å². The molecule has 1 aliphatic heterocycles. The third-order valence-electron chi connectivity index (χ3n) is 5.73. The van der Waals surface area contributed by atoms with Crippen LogP contribution in [0.3, 0.4) is 0 Å². The van der Waals surface area contributed by atoms with E-state index in [1.54, 1.807) is 29.5 Å². The van der Waals surface area contributed by atoms with Crippen molar-refractivity contribution >= 4 is 51.7 Å². The number of unbranched alkanes of at least 4 members (excludes halogenated alkanes) is 4. The minimum atomic E-state index is -0.250. The predicted octanol–water partition coefficient (Wildman–Crippen LogP) is 5.38. The molecule has 4 rings (SSSR count). The Hall–Kier alpha value is -2.91. The standard InChI is InChI=1S/C25H28N4O3S2/c1-3-4-5-6-7-12-29-24(31)20(34-25(29)33)15-19-21(26-16-18-11-9-14-32-18)27-22-17(2)10-8-13-28(22)23(19)30/h8-11,13-15,26H,3-7,12,16H2,1-2H3/b20-15+. The monoisotopic (exact) mass is 496 g/mol. The Labute approximate surface area is 208 Å². The molecule has 34 heavy (non-hydrogen) atoms. The zero-order valence-electron chi connectivity index (χ0n) is 19.4. The maximum Gasteiger partial charge on any atom is 0.267 e. The number of thiocarbonyl (C=S) groups is 1. The van der Waals surface area contributed by atoms with Gasteiger partial charge < -0.3 is 9.73 Å². The van der Waals surface area contributed by atoms with Crippen LogP contribution in [0.15, 0.2) is 50.8 Å². The molecule has 1 saturated heterocycles. The maximum atomic E-state index is 13.4. The van der Waals surface area contributed by atoms with E-state index in [0.717, 1.165) is 24.8 Å². The van der Waals surface area contributed by atoms with Gasteiger partial charge in [0.05, 0.1) is 23.3 Å². The Morgan fingerprint density at radius 1 is 1.18 bits per heavy atom. The summed E-state index contributed by atoms with van der Waals surface area (Å²) in [5.74, 6) is 0.962. The Morgan fingerprint density at radius 3 is 2.76 bits per heavy atom. The second-order valence-electron chi connectivity index (χ2n) is 8.24. The molecule has 0 atom stereocenters. The van der Waals surface area contributed by atoms with Crippen LogP contribution in [0.5, 0.6) is 0 Å². The highest BCUT2D eigenvalue weighted by Gasteiger charge is 2.32. The number of hydrogen-bond acceptors (Lipinski definition) is 7. The molecule has 0 saturated carbocycles. The lowest BCUT2D eigenvalue weighted by molar-refractivity contribution is -0.122. The quantitative estimate of drug-likeness (QED) is 0.229. The summed E-state index contributed by atoms with van der Waals surface area (Å²) in [4.78, 5) is 33.3. The van der Waals surface area contributed by atoms with Gasteiger partial charge in [-0.1, -0.05) is 62.7 Å². The van der Waals surface area contributed by atoms with E-state index in [-0.39, 0.29) is 11.5 Å². The van der Waals surface area contributed by atoms with Crippen molar-refractivity contribution in [1.82, 2.24) is 14.3 Å². The number of furan rings is 1. The summed E-state index contributed by atoms with van der Waals surface area (Å²) in [6, 6.07) is 7.36. The highest BCUT2D eigenvalue weighted by Crippen LogP contribution is 2.33. The minimum absolute atomic E-state index is 0.156. The van der Waals surface area contributed by atoms with Crippen LogP contribution in [0.1, 0.15) is 55.9 Å². The van der Waals surface area contributed by atoms with Crippen LogP contribution in [0.25, 0.3) is 11.7 Å². The minimum Gasteiger partial charge on any atom is -0.467 e. The van der Waals surface area contributed by atoms with Crippen molar-refractivity contribution in [1.29, 1.82) is 0 Å². The zero-order valence-corrected chi connectivity index (χ0v) is 21.0. The summed E-state index contributed by atoms with van der Waals surface area (Å²) in [6.45, 7) is 5.05. The molecule has 0 aliphatic carbocycles. The lowest BCUT2D eigenvalue weighted by Crippen LogP contribution is -2.29. The van der Waals surface area contributed by atoms with Gasteiger partial charge in [-0.3, -0.25) is 18.9 Å². The van der Waals surface area contributed by atoms with Gasteiger partial charge in [0.15, 0.2) is 0 Å². The third kappa shape index (κ3) is 5.26. The Balaban J connectivity index is 1.65. The first kappa shape index (κ1) is 24.2. The highest BCUT2D eigenvalue weighted by atomic mass is 32.2. The number of rotatable bonds is 10. The first-order valence-electron chi connectivity index (χ1n) is 11.5. The number of anilines is 1. The van der Waals surface area contributed by atoms with Gasteiger partial charge in [-0.15, -0.1) is 0 Å². The number of nitrogens with one attached hydrogen (secondary N) is 1. The summed E-state index contributed by atoms with van der Waals surface area (Å²) in [7, 11) is 0. The average Bonchev–Trinajstić information content (AvgIpc) is 3.43. The van der Waals surface area contributed by atoms with E-state index in [0.29, 0.717) is 45.1 Å². The molecular formula is C25H28N4O3S2. The molecule has 1 fully saturated rings. The fourth-order valence-electron chi connectivity index (χ4n) is 3.86. The van der Waals surface area contributed by atoms with E-state index in [9.17, 15) is 9.59 Å². The number of hydrogen-bond donors (Lipinski definition) is 1. The molecule has 0 spiro atoms. The summed E-state index contributed by atoms with van der Waals surface area (Å²) in [6.07, 6.45) is 10.4. The van der Waals surface area contributed by atoms with Gasteiger partial charge >= 0.3 is 0 Å². The van der Waals surface area contributed by atoms with Crippen LogP contribution in [-0.2, 0) is 11.3 Å². The first-order chi connectivity index (χ1) is 16.5. The van der Waals surface area contributed by atoms with E-state index in [2.05, 4.69) is 12.2 Å². The molecule has 0 radical (unpaired) electrons. The largest absolute Gasteiger partial charge is 0.467 e. The number of thioether (sulfide) groups is 1. The number of amides is 1. The molecule has 3 aromatic rings. The molecule has 7 nitrogen and oxygen atoms in total. The second kappa shape index (κ2) is 11.0. The summed E-state index contributed by atoms with van der Waals surface area (Å²) >= 11 is 6.71. The molecule has 3 aromatic heterocycles. The lowest BCUT2D eigenvalue weighted by atomic mass is 10.1. The topological polar surface area (TPSA) is 79.8 Å². The van der Waals surface area contributed by atoms with Crippen molar-refractivity contribution in [2.24, 2.45) is 0 Å². The Kier molecular flexibility index (Phi) is 7.84. The summed E-state index contributed by atoms with van der Waals surface area (Å²) < 4.78 is 7.44. The lowest BCUT2D eigenvalue weighted by Gasteiger charge is -2.14. The van der Waals surface area contributed by atoms with Gasteiger partial charge in [0, 0.05) is 12.7 Å². The molecule has 0 bridgehead atoms. The molecule has 4 heterocycles. The normalized spacial score (nSPS) is 15.1. The maximum absolute atomic E-state index is 13.4. The molecule has 0 aromatic carbocycles. The second-order valence-corrected chi connectivity index (χ2v) is 9.92. The van der Waals surface area contributed by atoms with Crippen LogP contribution in [-0.4, -0.2) is 31.1 Å². The Bertz CT molecular complexity index is 1280. The molecule has 178 valence electrons. The van der Waals surface area contributed by atoms with Crippen LogP contribution in [0.4, 0.5) is 5.82 Å². The summed E-state index contributed by atoms with van der Waals surface area (Å²) in [5.41, 5.74) is 1.51. The third-order valence-corrected chi connectivity index (χ3v) is 7.11. The number of aromatic nitrogens is 2. The van der Waals surface area contributed by atoms with Gasteiger partial charge in [-0.05, 0) is 43.2 Å². The predicted molar refractivity (Wildman–Crippen MR) is 141 cm³/mol. The molecule has 0 unspecified atom stereocenters. The van der Waals surface area contributed by atoms with E-state index in [1.165, 1.54) is 29.0 Å². The first-order valence-corrected chi connectivity index (χ1v) is 12.8. The molecule has 1 amide bonds. The van der Waals surface area contributed by atoms with Crippen molar-refractivity contribution in [2.75, 3.05) is 11.9 Å². The molecular weight excluding hydrogens is 468 g/mol. The number of carbonyl (C=O) groups excluding carboxylic acids is 1. The van der Waals surface area contributed by atoms with Crippen molar-refractivity contribution in [3.63, 3.8) is 0 Å². The van der Waals surface area contributed by atoms with Crippen molar-refractivity contribution < 1.29 is 9.21 Å². The Morgan fingerprint density at radius 2 is 2.00 bits per heavy atom. The van der Waals surface area contributed by atoms with E-state index >= 15 is 0 Å². The molecule has 9 heteroatoms. The average molecular weight is 497 g/mol. The van der Waals surface area contributed by atoms with Gasteiger partial charge in [0.1, 0.15) is 21.5 Å². The van der Waals surface area contributed by atoms with E-state index < -0.39 is 0 Å². The van der Waals surface area contributed by atoms with Crippen molar-refractivity contribution in [3.8, 4) is 0 Å². The van der Waals surface area contributed by atoms with Crippen molar-refractivity contribution in [3.05, 3.63) is 68.9 Å². The van der Waals surface area contributed by atoms with E-state index in [4.69, 9.17) is 21.6 Å². The number of nitrogens with zero attached hydrogens (tertiary/aromatic N) is 3. The number of carbonyl (C=O) groups is 1. The van der Waals surface area contributed by atoms with Crippen LogP contribution in [0, 0.1) is 6.92 Å². The summed E-state index contributed by atoms with van der Waals surface area (Å²) in [5, 5.41) is 3.21. The SMILES string of the molecule is CCCCCCCN1C(=O)/C(=C\c2c(NCc3ccco3)nc3c(C)cccn3c2=O)SC1=S. The van der Waals surface area contributed by atoms with Gasteiger partial charge in [-0.2, -0.15) is 0 Å². The number of pyridine rings is 1. The van der Waals surface area contributed by atoms with Crippen LogP contribution in [0.2, 0.25) is 0 Å². The van der Waals surface area contributed by atoms with Gasteiger partial charge in [0.25, 0.3) is 11.5 Å². The van der Waals surface area contributed by atoms with Crippen LogP contribution < -0.4 is 10.9 Å². The van der Waals surface area contributed by atoms with Gasteiger partial charge in [0.2, 0.25) is 0 Å².